The third kappa shape index (κ3) is 4.33. The van der Waals surface area contributed by atoms with E-state index >= 15 is 0 Å². The van der Waals surface area contributed by atoms with Crippen LogP contribution in [-0.4, -0.2) is 15.8 Å². The van der Waals surface area contributed by atoms with Crippen molar-refractivity contribution >= 4 is 45.7 Å². The maximum Gasteiger partial charge on any atom is 0.269 e. The molecule has 0 saturated heterocycles. The molecule has 0 unspecified atom stereocenters. The fraction of sp³-hybridized carbons (Fsp3) is 0. The van der Waals surface area contributed by atoms with E-state index in [4.69, 9.17) is 11.6 Å². The van der Waals surface area contributed by atoms with Gasteiger partial charge in [-0.1, -0.05) is 29.8 Å². The second kappa shape index (κ2) is 7.90. The largest absolute Gasteiger partial charge is 0.298 e. The van der Waals surface area contributed by atoms with Crippen molar-refractivity contribution in [3.63, 3.8) is 0 Å². The first-order valence-electron chi connectivity index (χ1n) is 7.47. The minimum absolute atomic E-state index is 0.0159. The van der Waals surface area contributed by atoms with Crippen molar-refractivity contribution in [3.8, 4) is 11.3 Å². The molecule has 0 saturated carbocycles. The number of hydrogen-bond acceptors (Lipinski definition) is 5. The van der Waals surface area contributed by atoms with Crippen molar-refractivity contribution in [2.45, 2.75) is 0 Å². The first-order valence-corrected chi connectivity index (χ1v) is 8.72. The van der Waals surface area contributed by atoms with Crippen LogP contribution in [0.15, 0.2) is 60.0 Å². The summed E-state index contributed by atoms with van der Waals surface area (Å²) >= 11 is 7.31. The van der Waals surface area contributed by atoms with Crippen molar-refractivity contribution in [2.24, 2.45) is 0 Å². The Balaban J connectivity index is 1.67. The molecule has 1 heterocycles. The Bertz CT molecular complexity index is 983. The highest BCUT2D eigenvalue weighted by atomic mass is 35.5. The summed E-state index contributed by atoms with van der Waals surface area (Å²) in [7, 11) is 0. The van der Waals surface area contributed by atoms with Gasteiger partial charge in [-0.15, -0.1) is 11.3 Å². The number of carbonyl (C=O) groups is 1. The van der Waals surface area contributed by atoms with Gasteiger partial charge in [0.25, 0.3) is 5.69 Å². The predicted octanol–water partition coefficient (Wildman–Crippen LogP) is 5.02. The monoisotopic (exact) mass is 385 g/mol. The number of carbonyl (C=O) groups excluding carboxylic acids is 1. The van der Waals surface area contributed by atoms with Crippen LogP contribution >= 0.6 is 22.9 Å². The molecule has 0 aliphatic carbocycles. The maximum atomic E-state index is 12.0. The van der Waals surface area contributed by atoms with E-state index in [0.717, 1.165) is 11.1 Å². The number of rotatable bonds is 5. The molecule has 0 bridgehead atoms. The first kappa shape index (κ1) is 17.8. The quantitative estimate of drug-likeness (QED) is 0.379. The average Bonchev–Trinajstić information content (AvgIpc) is 3.09. The van der Waals surface area contributed by atoms with E-state index in [2.05, 4.69) is 10.3 Å². The Morgan fingerprint density at radius 3 is 2.62 bits per heavy atom. The summed E-state index contributed by atoms with van der Waals surface area (Å²) in [4.78, 5) is 26.6. The second-order valence-corrected chi connectivity index (χ2v) is 6.45. The number of thiazole rings is 1. The van der Waals surface area contributed by atoms with Crippen molar-refractivity contribution in [1.29, 1.82) is 0 Å². The Kier molecular flexibility index (Phi) is 5.40. The summed E-state index contributed by atoms with van der Waals surface area (Å²) in [5.74, 6) is -0.325. The van der Waals surface area contributed by atoms with Crippen LogP contribution in [0, 0.1) is 10.1 Å². The van der Waals surface area contributed by atoms with Crippen molar-refractivity contribution in [2.75, 3.05) is 5.32 Å². The third-order valence-electron chi connectivity index (χ3n) is 3.43. The molecule has 0 aliphatic heterocycles. The highest BCUT2D eigenvalue weighted by Gasteiger charge is 2.09. The maximum absolute atomic E-state index is 12.0. The lowest BCUT2D eigenvalue weighted by atomic mass is 10.1. The highest BCUT2D eigenvalue weighted by Crippen LogP contribution is 2.26. The van der Waals surface area contributed by atoms with Crippen LogP contribution < -0.4 is 5.32 Å². The molecule has 1 N–H and O–H groups in total. The lowest BCUT2D eigenvalue weighted by Crippen LogP contribution is -2.07. The van der Waals surface area contributed by atoms with E-state index in [-0.39, 0.29) is 11.6 Å². The number of aromatic nitrogens is 1. The van der Waals surface area contributed by atoms with Gasteiger partial charge in [0, 0.05) is 34.2 Å². The number of amides is 1. The summed E-state index contributed by atoms with van der Waals surface area (Å²) in [6.45, 7) is 0. The molecule has 3 aromatic rings. The molecule has 0 spiro atoms. The zero-order valence-electron chi connectivity index (χ0n) is 13.3. The first-order chi connectivity index (χ1) is 12.5. The number of nitro benzene ring substituents is 1. The Labute approximate surface area is 157 Å². The zero-order chi connectivity index (χ0) is 18.5. The number of nitro groups is 1. The van der Waals surface area contributed by atoms with E-state index < -0.39 is 4.92 Å². The van der Waals surface area contributed by atoms with Gasteiger partial charge in [0.2, 0.25) is 5.91 Å². The Hall–Kier alpha value is -3.03. The fourth-order valence-electron chi connectivity index (χ4n) is 2.14. The van der Waals surface area contributed by atoms with Gasteiger partial charge in [-0.25, -0.2) is 4.98 Å². The lowest BCUT2D eigenvalue weighted by molar-refractivity contribution is -0.384. The van der Waals surface area contributed by atoms with Gasteiger partial charge in [0.1, 0.15) is 0 Å². The van der Waals surface area contributed by atoms with E-state index in [9.17, 15) is 14.9 Å². The van der Waals surface area contributed by atoms with Crippen molar-refractivity contribution in [3.05, 3.63) is 80.7 Å². The normalized spacial score (nSPS) is 10.8. The van der Waals surface area contributed by atoms with Crippen LogP contribution in [0.5, 0.6) is 0 Å². The number of nitrogens with zero attached hydrogens (tertiary/aromatic N) is 2. The summed E-state index contributed by atoms with van der Waals surface area (Å²) in [6, 6.07) is 13.3. The molecule has 26 heavy (non-hydrogen) atoms. The molecular formula is C18H12ClN3O3S. The zero-order valence-corrected chi connectivity index (χ0v) is 14.8. The average molecular weight is 386 g/mol. The molecule has 130 valence electrons. The lowest BCUT2D eigenvalue weighted by Gasteiger charge is -1.98. The van der Waals surface area contributed by atoms with E-state index in [0.29, 0.717) is 15.8 Å². The van der Waals surface area contributed by atoms with Gasteiger partial charge in [-0.3, -0.25) is 20.2 Å². The van der Waals surface area contributed by atoms with E-state index in [1.54, 1.807) is 29.7 Å². The minimum atomic E-state index is -0.457. The predicted molar refractivity (Wildman–Crippen MR) is 103 cm³/mol. The smallest absolute Gasteiger partial charge is 0.269 e. The molecule has 1 aromatic heterocycles. The van der Waals surface area contributed by atoms with Crippen LogP contribution in [0.1, 0.15) is 5.56 Å². The van der Waals surface area contributed by atoms with Gasteiger partial charge in [0.05, 0.1) is 10.6 Å². The summed E-state index contributed by atoms with van der Waals surface area (Å²) < 4.78 is 0. The van der Waals surface area contributed by atoms with Crippen LogP contribution in [0.4, 0.5) is 10.8 Å². The second-order valence-electron chi connectivity index (χ2n) is 5.19. The van der Waals surface area contributed by atoms with Gasteiger partial charge in [0.15, 0.2) is 5.13 Å². The van der Waals surface area contributed by atoms with Crippen LogP contribution in [-0.2, 0) is 4.79 Å². The number of halogens is 1. The van der Waals surface area contributed by atoms with E-state index in [1.165, 1.54) is 29.5 Å². The van der Waals surface area contributed by atoms with Crippen LogP contribution in [0.3, 0.4) is 0 Å². The van der Waals surface area contributed by atoms with Crippen LogP contribution in [0.25, 0.3) is 17.3 Å². The Morgan fingerprint density at radius 1 is 1.19 bits per heavy atom. The summed E-state index contributed by atoms with van der Waals surface area (Å²) in [5, 5.41) is 16.1. The van der Waals surface area contributed by atoms with E-state index in [1.807, 2.05) is 18.2 Å². The van der Waals surface area contributed by atoms with Gasteiger partial charge < -0.3 is 0 Å². The van der Waals surface area contributed by atoms with Gasteiger partial charge >= 0.3 is 0 Å². The van der Waals surface area contributed by atoms with Crippen LogP contribution in [0.2, 0.25) is 5.02 Å². The third-order valence-corrected chi connectivity index (χ3v) is 4.53. The molecular weight excluding hydrogens is 374 g/mol. The molecule has 0 aliphatic rings. The fourth-order valence-corrected chi connectivity index (χ4v) is 3.06. The number of benzene rings is 2. The van der Waals surface area contributed by atoms with Gasteiger partial charge in [-0.2, -0.15) is 0 Å². The number of hydrogen-bond donors (Lipinski definition) is 1. The molecule has 3 rings (SSSR count). The highest BCUT2D eigenvalue weighted by molar-refractivity contribution is 7.14. The number of anilines is 1. The summed E-state index contributed by atoms with van der Waals surface area (Å²) in [5.41, 5.74) is 2.13. The standard InChI is InChI=1S/C18H12ClN3O3S/c19-15-4-2-1-3-12(15)7-10-17(23)21-18-20-16(11-26-18)13-5-8-14(9-6-13)22(24)25/h1-11H,(H,20,21,23). The van der Waals surface area contributed by atoms with Gasteiger partial charge in [-0.05, 0) is 29.8 Å². The van der Waals surface area contributed by atoms with Crippen molar-refractivity contribution in [1.82, 2.24) is 4.98 Å². The summed E-state index contributed by atoms with van der Waals surface area (Å²) in [6.07, 6.45) is 3.01. The molecule has 8 heteroatoms. The molecule has 0 radical (unpaired) electrons. The topological polar surface area (TPSA) is 85.1 Å². The van der Waals surface area contributed by atoms with Crippen molar-refractivity contribution < 1.29 is 9.72 Å². The molecule has 6 nitrogen and oxygen atoms in total. The minimum Gasteiger partial charge on any atom is -0.298 e. The SMILES string of the molecule is O=C(C=Cc1ccccc1Cl)Nc1nc(-c2ccc([N+](=O)[O-])cc2)cs1. The molecule has 1 amide bonds. The number of non-ortho nitro benzene ring substituents is 1. The number of nitrogens with one attached hydrogen (secondary N) is 1. The molecule has 2 aromatic carbocycles. The Morgan fingerprint density at radius 2 is 1.92 bits per heavy atom. The molecule has 0 atom stereocenters. The molecule has 0 fully saturated rings.